The van der Waals surface area contributed by atoms with Crippen LogP contribution in [0.1, 0.15) is 5.56 Å². The number of hydrogen-bond acceptors (Lipinski definition) is 4. The van der Waals surface area contributed by atoms with Gasteiger partial charge in [-0.2, -0.15) is 5.26 Å². The van der Waals surface area contributed by atoms with Crippen LogP contribution in [0.4, 0.5) is 10.1 Å². The number of phenolic OH excluding ortho intramolecular Hbond substituents is 1. The average molecular weight is 391 g/mol. The van der Waals surface area contributed by atoms with Crippen LogP contribution in [0.2, 0.25) is 0 Å². The topological polar surface area (TPSA) is 82.3 Å². The Morgan fingerprint density at radius 1 is 1.42 bits per heavy atom. The number of ether oxygens (including phenoxy) is 1. The van der Waals surface area contributed by atoms with Gasteiger partial charge in [0.05, 0.1) is 17.3 Å². The van der Waals surface area contributed by atoms with Crippen LogP contribution in [0.3, 0.4) is 0 Å². The number of phenols is 1. The van der Waals surface area contributed by atoms with E-state index in [9.17, 15) is 19.6 Å². The van der Waals surface area contributed by atoms with Gasteiger partial charge in [0.25, 0.3) is 5.91 Å². The second kappa shape index (κ2) is 7.62. The maximum absolute atomic E-state index is 13.6. The summed E-state index contributed by atoms with van der Waals surface area (Å²) < 4.78 is 18.9. The van der Waals surface area contributed by atoms with Crippen molar-refractivity contribution in [3.63, 3.8) is 0 Å². The minimum absolute atomic E-state index is 0.0203. The fraction of sp³-hybridized carbons (Fsp3) is 0.0588. The van der Waals surface area contributed by atoms with E-state index >= 15 is 0 Å². The SMILES string of the molecule is COc1cc(C=C(C#N)C(=O)Nc2ccccc2F)cc(Br)c1O. The molecular weight excluding hydrogens is 379 g/mol. The van der Waals surface area contributed by atoms with Crippen LogP contribution in [0.5, 0.6) is 11.5 Å². The first-order valence-electron chi connectivity index (χ1n) is 6.70. The summed E-state index contributed by atoms with van der Waals surface area (Å²) in [5, 5.41) is 21.3. The lowest BCUT2D eigenvalue weighted by Gasteiger charge is -2.08. The van der Waals surface area contributed by atoms with Gasteiger partial charge in [-0.1, -0.05) is 12.1 Å². The van der Waals surface area contributed by atoms with Crippen molar-refractivity contribution in [1.82, 2.24) is 0 Å². The van der Waals surface area contributed by atoms with Crippen LogP contribution in [0, 0.1) is 17.1 Å². The Kier molecular flexibility index (Phi) is 5.55. The van der Waals surface area contributed by atoms with Crippen molar-refractivity contribution in [2.45, 2.75) is 0 Å². The zero-order chi connectivity index (χ0) is 17.7. The van der Waals surface area contributed by atoms with E-state index < -0.39 is 11.7 Å². The number of nitrogens with one attached hydrogen (secondary N) is 1. The molecule has 0 atom stereocenters. The Bertz CT molecular complexity index is 859. The quantitative estimate of drug-likeness (QED) is 0.613. The van der Waals surface area contributed by atoms with Crippen LogP contribution in [0.25, 0.3) is 6.08 Å². The highest BCUT2D eigenvalue weighted by Gasteiger charge is 2.13. The molecular formula is C17H12BrFN2O3. The number of halogens is 2. The highest BCUT2D eigenvalue weighted by Crippen LogP contribution is 2.35. The molecule has 122 valence electrons. The van der Waals surface area contributed by atoms with Crippen molar-refractivity contribution in [3.8, 4) is 17.6 Å². The highest BCUT2D eigenvalue weighted by molar-refractivity contribution is 9.10. The smallest absolute Gasteiger partial charge is 0.266 e. The second-order valence-corrected chi connectivity index (χ2v) is 5.51. The monoisotopic (exact) mass is 390 g/mol. The lowest BCUT2D eigenvalue weighted by Crippen LogP contribution is -2.14. The average Bonchev–Trinajstić information content (AvgIpc) is 2.57. The maximum Gasteiger partial charge on any atom is 0.266 e. The molecule has 0 radical (unpaired) electrons. The number of hydrogen-bond donors (Lipinski definition) is 2. The zero-order valence-corrected chi connectivity index (χ0v) is 14.1. The molecule has 0 fully saturated rings. The van der Waals surface area contributed by atoms with E-state index in [2.05, 4.69) is 21.2 Å². The highest BCUT2D eigenvalue weighted by atomic mass is 79.9. The van der Waals surface area contributed by atoms with Gasteiger partial charge in [-0.3, -0.25) is 4.79 Å². The number of nitriles is 1. The fourth-order valence-electron chi connectivity index (χ4n) is 1.90. The molecule has 0 unspecified atom stereocenters. The number of carbonyl (C=O) groups excluding carboxylic acids is 1. The first-order chi connectivity index (χ1) is 11.5. The lowest BCUT2D eigenvalue weighted by atomic mass is 10.1. The van der Waals surface area contributed by atoms with Crippen LogP contribution in [-0.2, 0) is 4.79 Å². The minimum atomic E-state index is -0.745. The molecule has 0 bridgehead atoms. The first kappa shape index (κ1) is 17.5. The van der Waals surface area contributed by atoms with E-state index in [1.807, 2.05) is 0 Å². The molecule has 0 saturated carbocycles. The van der Waals surface area contributed by atoms with Gasteiger partial charge >= 0.3 is 0 Å². The fourth-order valence-corrected chi connectivity index (χ4v) is 2.36. The molecule has 2 aromatic carbocycles. The van der Waals surface area contributed by atoms with Crippen LogP contribution in [0.15, 0.2) is 46.4 Å². The molecule has 0 aliphatic carbocycles. The molecule has 2 N–H and O–H groups in total. The van der Waals surface area contributed by atoms with Crippen molar-refractivity contribution in [2.24, 2.45) is 0 Å². The maximum atomic E-state index is 13.6. The Morgan fingerprint density at radius 3 is 2.75 bits per heavy atom. The van der Waals surface area contributed by atoms with Crippen molar-refractivity contribution >= 4 is 33.6 Å². The summed E-state index contributed by atoms with van der Waals surface area (Å²) in [7, 11) is 1.38. The van der Waals surface area contributed by atoms with Crippen LogP contribution < -0.4 is 10.1 Å². The number of carbonyl (C=O) groups is 1. The molecule has 1 amide bonds. The van der Waals surface area contributed by atoms with Gasteiger partial charge in [-0.25, -0.2) is 4.39 Å². The third kappa shape index (κ3) is 3.91. The van der Waals surface area contributed by atoms with Crippen molar-refractivity contribution in [2.75, 3.05) is 12.4 Å². The number of anilines is 1. The van der Waals surface area contributed by atoms with E-state index in [0.717, 1.165) is 0 Å². The number of benzene rings is 2. The number of para-hydroxylation sites is 1. The van der Waals surface area contributed by atoms with E-state index in [1.54, 1.807) is 12.1 Å². The molecule has 0 heterocycles. The van der Waals surface area contributed by atoms with Crippen molar-refractivity contribution in [1.29, 1.82) is 5.26 Å². The number of nitrogens with zero attached hydrogens (tertiary/aromatic N) is 1. The second-order valence-electron chi connectivity index (χ2n) is 4.66. The van der Waals surface area contributed by atoms with Crippen molar-refractivity contribution < 1.29 is 19.0 Å². The Hall–Kier alpha value is -2.85. The number of rotatable bonds is 4. The molecule has 7 heteroatoms. The summed E-state index contributed by atoms with van der Waals surface area (Å²) in [6, 6.07) is 10.4. The molecule has 2 rings (SSSR count). The summed E-state index contributed by atoms with van der Waals surface area (Å²) >= 11 is 3.16. The van der Waals surface area contributed by atoms with Gasteiger partial charge in [0.15, 0.2) is 11.5 Å². The van der Waals surface area contributed by atoms with Gasteiger partial charge in [0.1, 0.15) is 17.5 Å². The molecule has 0 saturated heterocycles. The summed E-state index contributed by atoms with van der Waals surface area (Å²) in [5.74, 6) is -1.26. The number of aromatic hydroxyl groups is 1. The Balaban J connectivity index is 2.33. The largest absolute Gasteiger partial charge is 0.503 e. The predicted molar refractivity (Wildman–Crippen MR) is 91.0 cm³/mol. The molecule has 0 aliphatic heterocycles. The van der Waals surface area contributed by atoms with Gasteiger partial charge < -0.3 is 15.2 Å². The normalized spacial score (nSPS) is 10.8. The number of methoxy groups -OCH3 is 1. The summed E-state index contributed by atoms with van der Waals surface area (Å²) in [6.07, 6.45) is 1.31. The Morgan fingerprint density at radius 2 is 2.12 bits per heavy atom. The molecule has 24 heavy (non-hydrogen) atoms. The van der Waals surface area contributed by atoms with Gasteiger partial charge in [-0.15, -0.1) is 0 Å². The summed E-state index contributed by atoms with van der Waals surface area (Å²) in [6.45, 7) is 0. The van der Waals surface area contributed by atoms with E-state index in [1.165, 1.54) is 43.5 Å². The molecule has 0 aliphatic rings. The first-order valence-corrected chi connectivity index (χ1v) is 7.49. The molecule has 0 spiro atoms. The standard InChI is InChI=1S/C17H12BrFN2O3/c1-24-15-8-10(7-12(18)16(15)22)6-11(9-20)17(23)21-14-5-3-2-4-13(14)19/h2-8,22H,1H3,(H,21,23). The van der Waals surface area contributed by atoms with Gasteiger partial charge in [-0.05, 0) is 51.8 Å². The van der Waals surface area contributed by atoms with Crippen LogP contribution in [-0.4, -0.2) is 18.1 Å². The lowest BCUT2D eigenvalue weighted by molar-refractivity contribution is -0.112. The number of amides is 1. The van der Waals surface area contributed by atoms with E-state index in [-0.39, 0.29) is 22.8 Å². The third-order valence-electron chi connectivity index (χ3n) is 3.07. The van der Waals surface area contributed by atoms with Crippen LogP contribution >= 0.6 is 15.9 Å². The van der Waals surface area contributed by atoms with Gasteiger partial charge in [0, 0.05) is 0 Å². The third-order valence-corrected chi connectivity index (χ3v) is 3.67. The molecule has 2 aromatic rings. The van der Waals surface area contributed by atoms with E-state index in [4.69, 9.17) is 4.74 Å². The summed E-state index contributed by atoms with van der Waals surface area (Å²) in [4.78, 5) is 12.1. The van der Waals surface area contributed by atoms with Crippen molar-refractivity contribution in [3.05, 3.63) is 57.8 Å². The van der Waals surface area contributed by atoms with E-state index in [0.29, 0.717) is 10.0 Å². The van der Waals surface area contributed by atoms with Gasteiger partial charge in [0.2, 0.25) is 0 Å². The Labute approximate surface area is 146 Å². The zero-order valence-electron chi connectivity index (χ0n) is 12.5. The predicted octanol–water partition coefficient (Wildman–Crippen LogP) is 3.85. The molecule has 0 aromatic heterocycles. The molecule has 5 nitrogen and oxygen atoms in total. The summed E-state index contributed by atoms with van der Waals surface area (Å²) in [5.41, 5.74) is 0.211. The minimum Gasteiger partial charge on any atom is -0.503 e.